The maximum Gasteiger partial charge on any atom is 0.437 e. The molecule has 0 fully saturated rings. The van der Waals surface area contributed by atoms with Crippen molar-refractivity contribution in [2.75, 3.05) is 14.2 Å². The number of amides is 1. The number of nitrogens with zero attached hydrogens (tertiary/aromatic N) is 3. The number of methoxy groups -OCH3 is 1. The first-order chi connectivity index (χ1) is 16.0. The molecule has 0 bridgehead atoms. The monoisotopic (exact) mass is 496 g/mol. The highest BCUT2D eigenvalue weighted by Crippen LogP contribution is 2.35. The Morgan fingerprint density at radius 3 is 2.62 bits per heavy atom. The van der Waals surface area contributed by atoms with Gasteiger partial charge in [-0.15, -0.1) is 0 Å². The molecule has 0 aliphatic heterocycles. The number of benzene rings is 1. The minimum Gasteiger partial charge on any atom is -0.491 e. The molecule has 1 N–H and O–H groups in total. The van der Waals surface area contributed by atoms with E-state index < -0.39 is 29.1 Å². The van der Waals surface area contributed by atoms with Crippen molar-refractivity contribution in [3.8, 4) is 17.6 Å². The lowest BCUT2D eigenvalue weighted by atomic mass is 10.2. The molecule has 1 heterocycles. The Hall–Kier alpha value is -3.78. The summed E-state index contributed by atoms with van der Waals surface area (Å²) in [5, 5.41) is 11.5. The number of hydrogen-bond donors (Lipinski definition) is 1. The number of nitriles is 1. The van der Waals surface area contributed by atoms with Gasteiger partial charge in [-0.3, -0.25) is 14.2 Å². The molecule has 2 rings (SSSR count). The molecular formula is C22H20ClF3N4O4. The average Bonchev–Trinajstić information content (AvgIpc) is 2.78. The molecule has 0 atom stereocenters. The third kappa shape index (κ3) is 6.62. The topological polar surface area (TPSA) is 106 Å². The van der Waals surface area contributed by atoms with Crippen LogP contribution in [0, 0.1) is 11.3 Å². The van der Waals surface area contributed by atoms with E-state index in [-0.39, 0.29) is 28.6 Å². The second-order valence-corrected chi connectivity index (χ2v) is 7.16. The maximum absolute atomic E-state index is 13.6. The van der Waals surface area contributed by atoms with Gasteiger partial charge in [-0.2, -0.15) is 18.4 Å². The average molecular weight is 497 g/mol. The normalized spacial score (nSPS) is 12.2. The van der Waals surface area contributed by atoms with Crippen LogP contribution in [0.15, 0.2) is 52.8 Å². The highest BCUT2D eigenvalue weighted by atomic mass is 35.5. The molecule has 34 heavy (non-hydrogen) atoms. The summed E-state index contributed by atoms with van der Waals surface area (Å²) in [5.74, 6) is -1.91. The Labute approximate surface area is 197 Å². The number of halogens is 4. The SMILES string of the molecule is CC/C=C(/C=C(/OC)C(=O)NC)Cn1cnc(C(F)(F)F)c(Oc2cc(Cl)cc(C#N)c2)c1=O. The zero-order valence-corrected chi connectivity index (χ0v) is 19.1. The van der Waals surface area contributed by atoms with Gasteiger partial charge in [-0.1, -0.05) is 24.6 Å². The van der Waals surface area contributed by atoms with Crippen LogP contribution in [0.4, 0.5) is 13.2 Å². The van der Waals surface area contributed by atoms with E-state index in [4.69, 9.17) is 26.3 Å². The van der Waals surface area contributed by atoms with E-state index in [0.717, 1.165) is 17.0 Å². The molecule has 0 aliphatic rings. The van der Waals surface area contributed by atoms with E-state index in [1.165, 1.54) is 32.4 Å². The maximum atomic E-state index is 13.6. The van der Waals surface area contributed by atoms with E-state index in [1.54, 1.807) is 19.1 Å². The summed E-state index contributed by atoms with van der Waals surface area (Å²) in [6.45, 7) is 1.57. The number of carbonyl (C=O) groups excluding carboxylic acids is 1. The number of alkyl halides is 3. The minimum absolute atomic E-state index is 0.0277. The molecule has 1 aromatic carbocycles. The zero-order valence-electron chi connectivity index (χ0n) is 18.4. The fourth-order valence-corrected chi connectivity index (χ4v) is 3.04. The molecule has 0 saturated heterocycles. The number of nitrogens with one attached hydrogen (secondary N) is 1. The van der Waals surface area contributed by atoms with Crippen molar-refractivity contribution in [2.24, 2.45) is 0 Å². The zero-order chi connectivity index (χ0) is 25.5. The molecule has 0 spiro atoms. The Morgan fingerprint density at radius 2 is 2.06 bits per heavy atom. The van der Waals surface area contributed by atoms with Crippen LogP contribution in [0.25, 0.3) is 0 Å². The summed E-state index contributed by atoms with van der Waals surface area (Å²) in [7, 11) is 2.68. The van der Waals surface area contributed by atoms with Gasteiger partial charge < -0.3 is 14.8 Å². The lowest BCUT2D eigenvalue weighted by molar-refractivity contribution is -0.142. The first-order valence-electron chi connectivity index (χ1n) is 9.76. The van der Waals surface area contributed by atoms with Crippen molar-refractivity contribution in [3.05, 3.63) is 74.6 Å². The van der Waals surface area contributed by atoms with Crippen molar-refractivity contribution >= 4 is 17.5 Å². The van der Waals surface area contributed by atoms with E-state index >= 15 is 0 Å². The smallest absolute Gasteiger partial charge is 0.437 e. The van der Waals surface area contributed by atoms with Crippen LogP contribution in [0.3, 0.4) is 0 Å². The molecule has 0 aliphatic carbocycles. The van der Waals surface area contributed by atoms with Crippen LogP contribution < -0.4 is 15.6 Å². The van der Waals surface area contributed by atoms with E-state index in [9.17, 15) is 22.8 Å². The number of ether oxygens (including phenoxy) is 2. The second-order valence-electron chi connectivity index (χ2n) is 6.72. The van der Waals surface area contributed by atoms with Gasteiger partial charge in [0.1, 0.15) is 5.75 Å². The van der Waals surface area contributed by atoms with Crippen molar-refractivity contribution in [1.82, 2.24) is 14.9 Å². The molecule has 0 unspecified atom stereocenters. The first-order valence-corrected chi connectivity index (χ1v) is 10.1. The molecule has 1 amide bonds. The lowest BCUT2D eigenvalue weighted by Crippen LogP contribution is -2.27. The summed E-state index contributed by atoms with van der Waals surface area (Å²) in [5.41, 5.74) is -2.23. The quantitative estimate of drug-likeness (QED) is 0.333. The standard InChI is InChI=1S/C22H20ClF3N4O4/c1-4-5-13(8-17(33-3)20(31)28-2)11-30-12-29-19(22(24,25)26)18(21(30)32)34-16-7-14(10-27)6-15(23)9-16/h5-9,12H,4,11H2,1-3H3,(H,28,31)/b13-5-,17-8+. The molecule has 2 aromatic rings. The van der Waals surface area contributed by atoms with E-state index in [0.29, 0.717) is 12.0 Å². The highest BCUT2D eigenvalue weighted by Gasteiger charge is 2.38. The molecule has 1 aromatic heterocycles. The molecule has 180 valence electrons. The summed E-state index contributed by atoms with van der Waals surface area (Å²) in [6, 6.07) is 5.39. The number of aromatic nitrogens is 2. The van der Waals surface area contributed by atoms with Gasteiger partial charge in [0, 0.05) is 12.1 Å². The van der Waals surface area contributed by atoms with E-state index in [1.807, 2.05) is 0 Å². The van der Waals surface area contributed by atoms with Crippen LogP contribution in [0.1, 0.15) is 24.6 Å². The number of carbonyl (C=O) groups is 1. The fraction of sp³-hybridized carbons (Fsp3) is 0.273. The van der Waals surface area contributed by atoms with Crippen LogP contribution in [-0.4, -0.2) is 29.6 Å². The van der Waals surface area contributed by atoms with Crippen molar-refractivity contribution in [2.45, 2.75) is 26.1 Å². The van der Waals surface area contributed by atoms with E-state index in [2.05, 4.69) is 10.3 Å². The molecule has 8 nitrogen and oxygen atoms in total. The Kier molecular flexibility index (Phi) is 8.86. The predicted molar refractivity (Wildman–Crippen MR) is 117 cm³/mol. The number of likely N-dealkylation sites (N-methyl/N-ethyl adjacent to an activating group) is 1. The van der Waals surface area contributed by atoms with Gasteiger partial charge in [0.15, 0.2) is 11.5 Å². The number of hydrogen-bond acceptors (Lipinski definition) is 6. The van der Waals surface area contributed by atoms with Crippen molar-refractivity contribution in [3.63, 3.8) is 0 Å². The Morgan fingerprint density at radius 1 is 1.35 bits per heavy atom. The van der Waals surface area contributed by atoms with Crippen molar-refractivity contribution in [1.29, 1.82) is 5.26 Å². The Bertz CT molecular complexity index is 1230. The summed E-state index contributed by atoms with van der Waals surface area (Å²) >= 11 is 5.89. The molecule has 0 radical (unpaired) electrons. The van der Waals surface area contributed by atoms with Gasteiger partial charge in [0.2, 0.25) is 5.75 Å². The largest absolute Gasteiger partial charge is 0.491 e. The van der Waals surface area contributed by atoms with Gasteiger partial charge >= 0.3 is 6.18 Å². The van der Waals surface area contributed by atoms with Gasteiger partial charge in [-0.05, 0) is 36.3 Å². The molecular weight excluding hydrogens is 477 g/mol. The van der Waals surface area contributed by atoms with Crippen LogP contribution in [0.2, 0.25) is 5.02 Å². The van der Waals surface area contributed by atoms with Gasteiger partial charge in [0.05, 0.1) is 31.6 Å². The second kappa shape index (κ2) is 11.4. The third-order valence-corrected chi connectivity index (χ3v) is 4.51. The predicted octanol–water partition coefficient (Wildman–Crippen LogP) is 4.19. The molecule has 0 saturated carbocycles. The third-order valence-electron chi connectivity index (χ3n) is 4.29. The molecule has 12 heteroatoms. The summed E-state index contributed by atoms with van der Waals surface area (Å²) < 4.78 is 51.9. The minimum atomic E-state index is -4.99. The highest BCUT2D eigenvalue weighted by molar-refractivity contribution is 6.30. The fourth-order valence-electron chi connectivity index (χ4n) is 2.82. The number of rotatable bonds is 8. The van der Waals surface area contributed by atoms with Gasteiger partial charge in [0.25, 0.3) is 11.5 Å². The Balaban J connectivity index is 2.59. The van der Waals surface area contributed by atoms with Crippen LogP contribution in [-0.2, 0) is 22.3 Å². The van der Waals surface area contributed by atoms with Crippen molar-refractivity contribution < 1.29 is 27.4 Å². The lowest BCUT2D eigenvalue weighted by Gasteiger charge is -2.15. The summed E-state index contributed by atoms with van der Waals surface area (Å²) in [6.07, 6.45) is -0.719. The number of allylic oxidation sites excluding steroid dienone is 3. The summed E-state index contributed by atoms with van der Waals surface area (Å²) in [4.78, 5) is 28.3. The van der Waals surface area contributed by atoms with Crippen LogP contribution in [0.5, 0.6) is 11.5 Å². The first kappa shape index (κ1) is 26.5. The van der Waals surface area contributed by atoms with Gasteiger partial charge in [-0.25, -0.2) is 4.98 Å². The van der Waals surface area contributed by atoms with Crippen LogP contribution >= 0.6 is 11.6 Å².